The zero-order valence-corrected chi connectivity index (χ0v) is 15.5. The lowest BCUT2D eigenvalue weighted by molar-refractivity contribution is -0.123. The van der Waals surface area contributed by atoms with E-state index in [1.54, 1.807) is 0 Å². The van der Waals surface area contributed by atoms with Gasteiger partial charge < -0.3 is 15.4 Å². The summed E-state index contributed by atoms with van der Waals surface area (Å²) in [5, 5.41) is 6.39. The van der Waals surface area contributed by atoms with Gasteiger partial charge in [0.1, 0.15) is 5.75 Å². The molecule has 1 unspecified atom stereocenters. The summed E-state index contributed by atoms with van der Waals surface area (Å²) in [5.41, 5.74) is 2.63. The maximum absolute atomic E-state index is 12.0. The van der Waals surface area contributed by atoms with E-state index in [9.17, 15) is 4.79 Å². The third-order valence-electron chi connectivity index (χ3n) is 3.88. The first-order valence-corrected chi connectivity index (χ1v) is 8.48. The van der Waals surface area contributed by atoms with Gasteiger partial charge in [0.2, 0.25) is 0 Å². The molecule has 3 rings (SSSR count). The Bertz CT molecular complexity index is 696. The van der Waals surface area contributed by atoms with Gasteiger partial charge in [-0.1, -0.05) is 46.3 Å². The lowest BCUT2D eigenvalue weighted by atomic mass is 9.94. The molecule has 1 aliphatic rings. The minimum atomic E-state index is -0.116. The number of hydrogen-bond donors (Lipinski definition) is 2. The highest BCUT2D eigenvalue weighted by atomic mass is 79.9. The fourth-order valence-corrected chi connectivity index (χ4v) is 3.13. The number of hydrogen-bond acceptors (Lipinski definition) is 3. The molecule has 4 nitrogen and oxygen atoms in total. The van der Waals surface area contributed by atoms with Gasteiger partial charge in [0.15, 0.2) is 6.61 Å². The molecular formula is C18H20BrClN2O2. The first kappa shape index (κ1) is 18.8. The Kier molecular flexibility index (Phi) is 7.09. The number of carbonyl (C=O) groups excluding carboxylic acids is 1. The summed E-state index contributed by atoms with van der Waals surface area (Å²) >= 11 is 3.38. The lowest BCUT2D eigenvalue weighted by Gasteiger charge is -2.27. The van der Waals surface area contributed by atoms with Gasteiger partial charge in [-0.05, 0) is 42.3 Å². The van der Waals surface area contributed by atoms with Crippen LogP contribution in [0.15, 0.2) is 53.0 Å². The quantitative estimate of drug-likeness (QED) is 0.794. The topological polar surface area (TPSA) is 50.4 Å². The zero-order valence-electron chi connectivity index (χ0n) is 13.1. The first-order valence-electron chi connectivity index (χ1n) is 7.68. The highest BCUT2D eigenvalue weighted by Crippen LogP contribution is 2.22. The van der Waals surface area contributed by atoms with Crippen molar-refractivity contribution in [3.8, 4) is 5.75 Å². The number of fused-ring (bicyclic) bond motifs is 1. The molecule has 0 aliphatic carbocycles. The molecule has 0 bridgehead atoms. The summed E-state index contributed by atoms with van der Waals surface area (Å²) in [6, 6.07) is 16.0. The average molecular weight is 412 g/mol. The van der Waals surface area contributed by atoms with Crippen molar-refractivity contribution in [2.24, 2.45) is 0 Å². The van der Waals surface area contributed by atoms with E-state index in [4.69, 9.17) is 4.74 Å². The Hall–Kier alpha value is -1.56. The molecule has 1 atom stereocenters. The molecule has 0 aromatic heterocycles. The molecule has 1 heterocycles. The molecule has 24 heavy (non-hydrogen) atoms. The molecule has 0 radical (unpaired) electrons. The van der Waals surface area contributed by atoms with Crippen molar-refractivity contribution in [3.63, 3.8) is 0 Å². The second kappa shape index (κ2) is 9.06. The van der Waals surface area contributed by atoms with Crippen molar-refractivity contribution in [2.75, 3.05) is 19.7 Å². The first-order chi connectivity index (χ1) is 11.2. The van der Waals surface area contributed by atoms with Crippen molar-refractivity contribution in [1.29, 1.82) is 0 Å². The molecule has 6 heteroatoms. The molecule has 0 saturated carbocycles. The summed E-state index contributed by atoms with van der Waals surface area (Å²) in [5.74, 6) is 0.561. The summed E-state index contributed by atoms with van der Waals surface area (Å²) < 4.78 is 6.42. The van der Waals surface area contributed by atoms with Gasteiger partial charge in [-0.3, -0.25) is 4.79 Å². The number of halogens is 2. The number of ether oxygens (including phenoxy) is 1. The number of amides is 1. The standard InChI is InChI=1S/C18H19BrN2O2.ClH/c19-14-5-3-6-15(10-14)23-12-18(22)21-11-17-16-7-2-1-4-13(16)8-9-20-17;/h1-7,10,17,20H,8-9,11-12H2,(H,21,22);1H. The zero-order chi connectivity index (χ0) is 16.1. The fraction of sp³-hybridized carbons (Fsp3) is 0.278. The van der Waals surface area contributed by atoms with E-state index in [-0.39, 0.29) is 31.0 Å². The smallest absolute Gasteiger partial charge is 0.258 e. The number of carbonyl (C=O) groups is 1. The third-order valence-corrected chi connectivity index (χ3v) is 4.38. The predicted octanol–water partition coefficient (Wildman–Crippen LogP) is 3.25. The maximum Gasteiger partial charge on any atom is 0.258 e. The van der Waals surface area contributed by atoms with Gasteiger partial charge in [0.25, 0.3) is 5.91 Å². The van der Waals surface area contributed by atoms with Gasteiger partial charge in [-0.25, -0.2) is 0 Å². The van der Waals surface area contributed by atoms with E-state index >= 15 is 0 Å². The largest absolute Gasteiger partial charge is 0.484 e. The minimum absolute atomic E-state index is 0. The second-order valence-electron chi connectivity index (χ2n) is 5.51. The molecule has 1 aliphatic heterocycles. The van der Waals surface area contributed by atoms with E-state index in [0.717, 1.165) is 17.4 Å². The highest BCUT2D eigenvalue weighted by Gasteiger charge is 2.19. The normalized spacial score (nSPS) is 15.8. The van der Waals surface area contributed by atoms with E-state index in [1.165, 1.54) is 11.1 Å². The summed E-state index contributed by atoms with van der Waals surface area (Å²) in [6.07, 6.45) is 1.03. The van der Waals surface area contributed by atoms with Crippen LogP contribution in [0.2, 0.25) is 0 Å². The molecule has 2 aromatic rings. The maximum atomic E-state index is 12.0. The van der Waals surface area contributed by atoms with Gasteiger partial charge in [0.05, 0.1) is 0 Å². The minimum Gasteiger partial charge on any atom is -0.484 e. The molecule has 2 aromatic carbocycles. The molecule has 2 N–H and O–H groups in total. The second-order valence-corrected chi connectivity index (χ2v) is 6.42. The summed E-state index contributed by atoms with van der Waals surface area (Å²) in [6.45, 7) is 1.52. The lowest BCUT2D eigenvalue weighted by Crippen LogP contribution is -2.40. The van der Waals surface area contributed by atoms with Crippen LogP contribution in [-0.4, -0.2) is 25.6 Å². The molecular weight excluding hydrogens is 392 g/mol. The van der Waals surface area contributed by atoms with E-state index < -0.39 is 0 Å². The van der Waals surface area contributed by atoms with Crippen LogP contribution in [0.4, 0.5) is 0 Å². The molecule has 128 valence electrons. The number of nitrogens with one attached hydrogen (secondary N) is 2. The SMILES string of the molecule is Cl.O=C(COc1cccc(Br)c1)NCC1NCCc2ccccc21. The van der Waals surface area contributed by atoms with Crippen LogP contribution in [0.5, 0.6) is 5.75 Å². The van der Waals surface area contributed by atoms with Crippen molar-refractivity contribution < 1.29 is 9.53 Å². The third kappa shape index (κ3) is 4.97. The summed E-state index contributed by atoms with van der Waals surface area (Å²) in [4.78, 5) is 12.0. The van der Waals surface area contributed by atoms with Crippen molar-refractivity contribution >= 4 is 34.2 Å². The van der Waals surface area contributed by atoms with Gasteiger partial charge in [-0.15, -0.1) is 12.4 Å². The fourth-order valence-electron chi connectivity index (χ4n) is 2.75. The Balaban J connectivity index is 0.00000208. The van der Waals surface area contributed by atoms with Gasteiger partial charge >= 0.3 is 0 Å². The van der Waals surface area contributed by atoms with Crippen LogP contribution in [0.25, 0.3) is 0 Å². The van der Waals surface area contributed by atoms with Crippen molar-refractivity contribution in [1.82, 2.24) is 10.6 Å². The number of benzene rings is 2. The molecule has 0 saturated heterocycles. The molecule has 1 amide bonds. The Morgan fingerprint density at radius 2 is 2.08 bits per heavy atom. The van der Waals surface area contributed by atoms with Gasteiger partial charge in [0, 0.05) is 17.1 Å². The Morgan fingerprint density at radius 1 is 1.25 bits per heavy atom. The van der Waals surface area contributed by atoms with E-state index in [1.807, 2.05) is 30.3 Å². The van der Waals surface area contributed by atoms with Crippen LogP contribution in [0.3, 0.4) is 0 Å². The summed E-state index contributed by atoms with van der Waals surface area (Å²) in [7, 11) is 0. The highest BCUT2D eigenvalue weighted by molar-refractivity contribution is 9.10. The van der Waals surface area contributed by atoms with E-state index in [0.29, 0.717) is 12.3 Å². The Morgan fingerprint density at radius 3 is 2.92 bits per heavy atom. The van der Waals surface area contributed by atoms with E-state index in [2.05, 4.69) is 44.8 Å². The van der Waals surface area contributed by atoms with Crippen LogP contribution in [-0.2, 0) is 11.2 Å². The van der Waals surface area contributed by atoms with Crippen molar-refractivity contribution in [3.05, 3.63) is 64.1 Å². The van der Waals surface area contributed by atoms with Crippen LogP contribution in [0.1, 0.15) is 17.2 Å². The monoisotopic (exact) mass is 410 g/mol. The van der Waals surface area contributed by atoms with Crippen LogP contribution in [0, 0.1) is 0 Å². The Labute approximate surface area is 156 Å². The number of rotatable bonds is 5. The van der Waals surface area contributed by atoms with Gasteiger partial charge in [-0.2, -0.15) is 0 Å². The van der Waals surface area contributed by atoms with Crippen LogP contribution < -0.4 is 15.4 Å². The molecule has 0 fully saturated rings. The van der Waals surface area contributed by atoms with Crippen molar-refractivity contribution in [2.45, 2.75) is 12.5 Å². The average Bonchev–Trinajstić information content (AvgIpc) is 2.58. The molecule has 0 spiro atoms. The van der Waals surface area contributed by atoms with Crippen LogP contribution >= 0.6 is 28.3 Å². The predicted molar refractivity (Wildman–Crippen MR) is 101 cm³/mol.